The molecule has 0 bridgehead atoms. The fourth-order valence-corrected chi connectivity index (χ4v) is 2.37. The molecule has 0 radical (unpaired) electrons. The summed E-state index contributed by atoms with van der Waals surface area (Å²) >= 11 is 0. The number of aryl methyl sites for hydroxylation is 1. The second kappa shape index (κ2) is 5.51. The summed E-state index contributed by atoms with van der Waals surface area (Å²) in [6.07, 6.45) is 6.38. The number of aliphatic hydroxyl groups is 1. The van der Waals surface area contributed by atoms with Crippen LogP contribution >= 0.6 is 0 Å². The Balaban J connectivity index is 1.73. The number of hydrogen-bond acceptors (Lipinski definition) is 3. The largest absolute Gasteiger partial charge is 0.468 e. The second-order valence-corrected chi connectivity index (χ2v) is 4.81. The van der Waals surface area contributed by atoms with Crippen molar-refractivity contribution >= 4 is 0 Å². The maximum atomic E-state index is 9.06. The average molecular weight is 223 g/mol. The van der Waals surface area contributed by atoms with Gasteiger partial charge in [0.1, 0.15) is 5.76 Å². The molecular weight excluding hydrogens is 202 g/mol. The van der Waals surface area contributed by atoms with Gasteiger partial charge in [-0.2, -0.15) is 0 Å². The molecule has 1 aromatic heterocycles. The molecule has 1 heterocycles. The third kappa shape index (κ3) is 2.86. The zero-order valence-corrected chi connectivity index (χ0v) is 9.91. The van der Waals surface area contributed by atoms with Crippen LogP contribution in [0, 0.1) is 12.8 Å². The van der Waals surface area contributed by atoms with Gasteiger partial charge in [-0.15, -0.1) is 0 Å². The summed E-state index contributed by atoms with van der Waals surface area (Å²) in [6.45, 7) is 3.25. The van der Waals surface area contributed by atoms with Gasteiger partial charge < -0.3 is 14.8 Å². The molecule has 0 spiro atoms. The topological polar surface area (TPSA) is 45.4 Å². The lowest BCUT2D eigenvalue weighted by Crippen LogP contribution is -2.33. The van der Waals surface area contributed by atoms with E-state index in [0.29, 0.717) is 18.6 Å². The van der Waals surface area contributed by atoms with Crippen LogP contribution in [0.2, 0.25) is 0 Å². The molecule has 2 rings (SSSR count). The van der Waals surface area contributed by atoms with Gasteiger partial charge in [-0.1, -0.05) is 0 Å². The average Bonchev–Trinajstić information content (AvgIpc) is 2.73. The third-order valence-electron chi connectivity index (χ3n) is 3.62. The molecule has 1 saturated carbocycles. The highest BCUT2D eigenvalue weighted by atomic mass is 16.3. The van der Waals surface area contributed by atoms with Crippen molar-refractivity contribution in [2.45, 2.75) is 45.2 Å². The molecule has 0 aliphatic heterocycles. The van der Waals surface area contributed by atoms with Gasteiger partial charge in [-0.05, 0) is 50.2 Å². The van der Waals surface area contributed by atoms with Crippen molar-refractivity contribution < 1.29 is 9.52 Å². The van der Waals surface area contributed by atoms with E-state index in [2.05, 4.69) is 12.2 Å². The molecule has 1 aliphatic rings. The molecule has 2 N–H and O–H groups in total. The van der Waals surface area contributed by atoms with Crippen LogP contribution in [0.5, 0.6) is 0 Å². The smallest absolute Gasteiger partial charge is 0.120 e. The molecule has 0 atom stereocenters. The van der Waals surface area contributed by atoms with E-state index in [4.69, 9.17) is 9.52 Å². The minimum Gasteiger partial charge on any atom is -0.468 e. The van der Waals surface area contributed by atoms with E-state index in [9.17, 15) is 0 Å². The van der Waals surface area contributed by atoms with E-state index in [1.54, 1.807) is 6.26 Å². The van der Waals surface area contributed by atoms with Crippen LogP contribution in [0.25, 0.3) is 0 Å². The predicted octanol–water partition coefficient (Wildman–Crippen LogP) is 2.23. The first-order valence-corrected chi connectivity index (χ1v) is 6.17. The lowest BCUT2D eigenvalue weighted by molar-refractivity contribution is 0.174. The summed E-state index contributed by atoms with van der Waals surface area (Å²) < 4.78 is 5.40. The Hall–Kier alpha value is -0.800. The normalized spacial score (nSPS) is 25.9. The zero-order chi connectivity index (χ0) is 11.4. The zero-order valence-electron chi connectivity index (χ0n) is 9.91. The first-order chi connectivity index (χ1) is 7.79. The molecule has 16 heavy (non-hydrogen) atoms. The molecule has 0 unspecified atom stereocenters. The first kappa shape index (κ1) is 11.7. The van der Waals surface area contributed by atoms with Gasteiger partial charge in [0.05, 0.1) is 12.8 Å². The van der Waals surface area contributed by atoms with Gasteiger partial charge in [-0.25, -0.2) is 0 Å². The van der Waals surface area contributed by atoms with Gasteiger partial charge >= 0.3 is 0 Å². The molecule has 3 nitrogen and oxygen atoms in total. The molecule has 0 saturated heterocycles. The summed E-state index contributed by atoms with van der Waals surface area (Å²) in [5, 5.41) is 12.6. The van der Waals surface area contributed by atoms with E-state index in [1.807, 2.05) is 6.07 Å². The highest BCUT2D eigenvalue weighted by Gasteiger charge is 2.20. The van der Waals surface area contributed by atoms with Crippen LogP contribution in [-0.4, -0.2) is 17.8 Å². The van der Waals surface area contributed by atoms with Crippen molar-refractivity contribution in [3.8, 4) is 0 Å². The molecule has 3 heteroatoms. The summed E-state index contributed by atoms with van der Waals surface area (Å²) in [5.74, 6) is 1.58. The highest BCUT2D eigenvalue weighted by molar-refractivity contribution is 5.14. The Morgan fingerprint density at radius 3 is 2.69 bits per heavy atom. The van der Waals surface area contributed by atoms with Crippen LogP contribution in [0.3, 0.4) is 0 Å². The predicted molar refractivity (Wildman–Crippen MR) is 63.1 cm³/mol. The van der Waals surface area contributed by atoms with Crippen LogP contribution < -0.4 is 5.32 Å². The minimum absolute atomic E-state index is 0.351. The molecular formula is C13H21NO2. The molecule has 0 aromatic carbocycles. The third-order valence-corrected chi connectivity index (χ3v) is 3.62. The number of rotatable bonds is 4. The van der Waals surface area contributed by atoms with Crippen molar-refractivity contribution in [1.29, 1.82) is 0 Å². The quantitative estimate of drug-likeness (QED) is 0.822. The van der Waals surface area contributed by atoms with E-state index < -0.39 is 0 Å². The van der Waals surface area contributed by atoms with Gasteiger partial charge in [0.2, 0.25) is 0 Å². The Morgan fingerprint density at radius 1 is 1.38 bits per heavy atom. The number of furan rings is 1. The van der Waals surface area contributed by atoms with Crippen molar-refractivity contribution in [3.63, 3.8) is 0 Å². The molecule has 0 amide bonds. The van der Waals surface area contributed by atoms with Crippen LogP contribution in [-0.2, 0) is 6.54 Å². The molecule has 1 fully saturated rings. The summed E-state index contributed by atoms with van der Waals surface area (Å²) in [5.41, 5.74) is 1.22. The van der Waals surface area contributed by atoms with Gasteiger partial charge in [0.25, 0.3) is 0 Å². The van der Waals surface area contributed by atoms with Gasteiger partial charge in [0.15, 0.2) is 0 Å². The standard InChI is InChI=1S/C13H21NO2/c1-10-6-7-16-13(10)8-14-12-4-2-11(9-15)3-5-12/h6-7,11-12,14-15H,2-5,8-9H2,1H3. The Kier molecular flexibility index (Phi) is 4.02. The lowest BCUT2D eigenvalue weighted by atomic mass is 9.86. The van der Waals surface area contributed by atoms with Crippen molar-refractivity contribution in [2.24, 2.45) is 5.92 Å². The van der Waals surface area contributed by atoms with Crippen molar-refractivity contribution in [1.82, 2.24) is 5.32 Å². The fraction of sp³-hybridized carbons (Fsp3) is 0.692. The monoisotopic (exact) mass is 223 g/mol. The lowest BCUT2D eigenvalue weighted by Gasteiger charge is -2.27. The summed E-state index contributed by atoms with van der Waals surface area (Å²) in [6, 6.07) is 2.59. The first-order valence-electron chi connectivity index (χ1n) is 6.17. The van der Waals surface area contributed by atoms with E-state index >= 15 is 0 Å². The van der Waals surface area contributed by atoms with Gasteiger partial charge in [-0.3, -0.25) is 0 Å². The number of hydrogen-bond donors (Lipinski definition) is 2. The maximum Gasteiger partial charge on any atom is 0.120 e. The van der Waals surface area contributed by atoms with Gasteiger partial charge in [0, 0.05) is 12.6 Å². The van der Waals surface area contributed by atoms with E-state index in [0.717, 1.165) is 25.1 Å². The SMILES string of the molecule is Cc1ccoc1CNC1CCC(CO)CC1. The highest BCUT2D eigenvalue weighted by Crippen LogP contribution is 2.24. The Bertz CT molecular complexity index is 313. The number of aliphatic hydroxyl groups excluding tert-OH is 1. The molecule has 1 aromatic rings. The van der Waals surface area contributed by atoms with Crippen LogP contribution in [0.4, 0.5) is 0 Å². The summed E-state index contributed by atoms with van der Waals surface area (Å²) in [7, 11) is 0. The van der Waals surface area contributed by atoms with Crippen molar-refractivity contribution in [3.05, 3.63) is 23.7 Å². The molecule has 90 valence electrons. The van der Waals surface area contributed by atoms with Crippen LogP contribution in [0.15, 0.2) is 16.7 Å². The second-order valence-electron chi connectivity index (χ2n) is 4.81. The van der Waals surface area contributed by atoms with E-state index in [1.165, 1.54) is 18.4 Å². The van der Waals surface area contributed by atoms with E-state index in [-0.39, 0.29) is 0 Å². The summed E-state index contributed by atoms with van der Waals surface area (Å²) in [4.78, 5) is 0. The van der Waals surface area contributed by atoms with Crippen molar-refractivity contribution in [2.75, 3.05) is 6.61 Å². The minimum atomic E-state index is 0.351. The molecule has 1 aliphatic carbocycles. The Morgan fingerprint density at radius 2 is 2.12 bits per heavy atom. The fourth-order valence-electron chi connectivity index (χ4n) is 2.37. The number of nitrogens with one attached hydrogen (secondary N) is 1. The Labute approximate surface area is 96.8 Å². The van der Waals surface area contributed by atoms with Crippen LogP contribution in [0.1, 0.15) is 37.0 Å². The maximum absolute atomic E-state index is 9.06.